The van der Waals surface area contributed by atoms with Crippen LogP contribution in [0.2, 0.25) is 0 Å². The van der Waals surface area contributed by atoms with Gasteiger partial charge in [0.05, 0.1) is 25.8 Å². The highest BCUT2D eigenvalue weighted by molar-refractivity contribution is 5.77. The Morgan fingerprint density at radius 1 is 1.55 bits per heavy atom. The Bertz CT molecular complexity index is 503. The van der Waals surface area contributed by atoms with Gasteiger partial charge in [-0.2, -0.15) is 5.10 Å². The zero-order valence-electron chi connectivity index (χ0n) is 11.3. The molecule has 2 unspecified atom stereocenters. The number of carboxylic acid groups (broad SMARTS) is 1. The molecule has 1 fully saturated rings. The molecule has 2 heterocycles. The lowest BCUT2D eigenvalue weighted by atomic mass is 10.0. The number of nitrogens with zero attached hydrogens (tertiary/aromatic N) is 3. The van der Waals surface area contributed by atoms with Gasteiger partial charge >= 0.3 is 12.0 Å². The zero-order chi connectivity index (χ0) is 14.7. The third-order valence-corrected chi connectivity index (χ3v) is 3.08. The first-order valence-corrected chi connectivity index (χ1v) is 6.17. The summed E-state index contributed by atoms with van der Waals surface area (Å²) in [5.74, 6) is -0.514. The van der Waals surface area contributed by atoms with Crippen molar-refractivity contribution >= 4 is 12.0 Å². The van der Waals surface area contributed by atoms with Crippen molar-refractivity contribution in [1.29, 1.82) is 0 Å². The van der Waals surface area contributed by atoms with E-state index in [1.165, 1.54) is 4.90 Å². The topological polar surface area (TPSA) is 120 Å². The summed E-state index contributed by atoms with van der Waals surface area (Å²) < 4.78 is 5.09. The number of H-pyrrole nitrogens is 1. The van der Waals surface area contributed by atoms with Gasteiger partial charge in [-0.05, 0) is 6.92 Å². The van der Waals surface area contributed by atoms with Crippen molar-refractivity contribution in [2.24, 2.45) is 5.92 Å². The Labute approximate surface area is 115 Å². The Morgan fingerprint density at radius 2 is 2.30 bits per heavy atom. The molecule has 2 amide bonds. The zero-order valence-corrected chi connectivity index (χ0v) is 11.3. The lowest BCUT2D eigenvalue weighted by molar-refractivity contribution is -0.142. The number of rotatable bonds is 4. The molecule has 1 aromatic rings. The Balaban J connectivity index is 1.89. The highest BCUT2D eigenvalue weighted by Gasteiger charge is 2.35. The molecule has 9 nitrogen and oxygen atoms in total. The molecule has 1 aliphatic rings. The van der Waals surface area contributed by atoms with Gasteiger partial charge in [0.25, 0.3) is 0 Å². The molecule has 2 rings (SSSR count). The first-order valence-electron chi connectivity index (χ1n) is 6.17. The van der Waals surface area contributed by atoms with Crippen molar-refractivity contribution < 1.29 is 19.4 Å². The predicted molar refractivity (Wildman–Crippen MR) is 66.9 cm³/mol. The molecule has 0 aliphatic carbocycles. The maximum absolute atomic E-state index is 12.0. The molecule has 1 aromatic heterocycles. The number of amides is 2. The van der Waals surface area contributed by atoms with Crippen LogP contribution in [0.3, 0.4) is 0 Å². The molecule has 1 saturated heterocycles. The molecular formula is C11H17N5O4. The molecule has 0 saturated carbocycles. The number of urea groups is 1. The summed E-state index contributed by atoms with van der Waals surface area (Å²) in [5.41, 5.74) is 0. The number of aromatic nitrogens is 3. The van der Waals surface area contributed by atoms with Crippen LogP contribution in [0.4, 0.5) is 4.79 Å². The maximum Gasteiger partial charge on any atom is 0.317 e. The quantitative estimate of drug-likeness (QED) is 0.675. The second kappa shape index (κ2) is 5.87. The average molecular weight is 283 g/mol. The Morgan fingerprint density at radius 3 is 2.90 bits per heavy atom. The van der Waals surface area contributed by atoms with Crippen molar-refractivity contribution in [3.8, 4) is 0 Å². The van der Waals surface area contributed by atoms with Crippen LogP contribution in [-0.2, 0) is 16.1 Å². The van der Waals surface area contributed by atoms with Gasteiger partial charge in [0, 0.05) is 7.05 Å². The lowest BCUT2D eigenvalue weighted by Gasteiger charge is -2.21. The maximum atomic E-state index is 12.0. The average Bonchev–Trinajstić information content (AvgIpc) is 2.98. The minimum Gasteiger partial charge on any atom is -0.481 e. The third-order valence-electron chi connectivity index (χ3n) is 3.08. The van der Waals surface area contributed by atoms with Gasteiger partial charge in [-0.1, -0.05) is 0 Å². The molecule has 3 N–H and O–H groups in total. The normalized spacial score (nSPS) is 21.7. The van der Waals surface area contributed by atoms with Gasteiger partial charge in [0.15, 0.2) is 5.82 Å². The monoisotopic (exact) mass is 283 g/mol. The highest BCUT2D eigenvalue weighted by Crippen LogP contribution is 2.14. The summed E-state index contributed by atoms with van der Waals surface area (Å²) in [6.45, 7) is 2.33. The van der Waals surface area contributed by atoms with E-state index in [0.29, 0.717) is 11.6 Å². The van der Waals surface area contributed by atoms with Crippen LogP contribution in [0.25, 0.3) is 0 Å². The van der Waals surface area contributed by atoms with E-state index in [0.717, 1.165) is 0 Å². The van der Waals surface area contributed by atoms with Crippen LogP contribution in [0, 0.1) is 12.8 Å². The molecule has 0 bridgehead atoms. The van der Waals surface area contributed by atoms with Crippen LogP contribution in [0.5, 0.6) is 0 Å². The van der Waals surface area contributed by atoms with Gasteiger partial charge in [-0.25, -0.2) is 9.78 Å². The molecule has 2 atom stereocenters. The smallest absolute Gasteiger partial charge is 0.317 e. The summed E-state index contributed by atoms with van der Waals surface area (Å²) in [7, 11) is 1.59. The molecule has 0 spiro atoms. The first kappa shape index (κ1) is 14.3. The van der Waals surface area contributed by atoms with E-state index in [4.69, 9.17) is 9.84 Å². The van der Waals surface area contributed by atoms with Crippen LogP contribution in [0.1, 0.15) is 11.6 Å². The number of nitrogens with one attached hydrogen (secondary N) is 2. The molecule has 110 valence electrons. The predicted octanol–water partition coefficient (Wildman–Crippen LogP) is -0.646. The van der Waals surface area contributed by atoms with E-state index in [-0.39, 0.29) is 25.8 Å². The number of aryl methyl sites for hydroxylation is 1. The number of ether oxygens (including phenoxy) is 1. The summed E-state index contributed by atoms with van der Waals surface area (Å²) in [4.78, 5) is 28.5. The molecule has 0 aromatic carbocycles. The van der Waals surface area contributed by atoms with E-state index >= 15 is 0 Å². The van der Waals surface area contributed by atoms with Gasteiger partial charge in [0.2, 0.25) is 0 Å². The van der Waals surface area contributed by atoms with Crippen molar-refractivity contribution in [3.05, 3.63) is 11.6 Å². The van der Waals surface area contributed by atoms with Crippen LogP contribution < -0.4 is 5.32 Å². The van der Waals surface area contributed by atoms with Gasteiger partial charge in [-0.3, -0.25) is 9.89 Å². The van der Waals surface area contributed by atoms with E-state index in [2.05, 4.69) is 20.5 Å². The Kier molecular flexibility index (Phi) is 4.18. The van der Waals surface area contributed by atoms with Crippen molar-refractivity contribution in [2.75, 3.05) is 20.3 Å². The number of carbonyl (C=O) groups is 2. The number of aliphatic carboxylic acids is 1. The van der Waals surface area contributed by atoms with Gasteiger partial charge < -0.3 is 20.1 Å². The van der Waals surface area contributed by atoms with E-state index in [1.807, 2.05) is 0 Å². The molecular weight excluding hydrogens is 266 g/mol. The molecule has 9 heteroatoms. The van der Waals surface area contributed by atoms with E-state index in [1.54, 1.807) is 14.0 Å². The molecule has 0 radical (unpaired) electrons. The lowest BCUT2D eigenvalue weighted by Crippen LogP contribution is -2.47. The van der Waals surface area contributed by atoms with Crippen molar-refractivity contribution in [3.63, 3.8) is 0 Å². The minimum absolute atomic E-state index is 0.115. The summed E-state index contributed by atoms with van der Waals surface area (Å²) >= 11 is 0. The fraction of sp³-hybridized carbons (Fsp3) is 0.636. The van der Waals surface area contributed by atoms with Crippen LogP contribution in [0.15, 0.2) is 0 Å². The highest BCUT2D eigenvalue weighted by atomic mass is 16.5. The fourth-order valence-corrected chi connectivity index (χ4v) is 1.95. The largest absolute Gasteiger partial charge is 0.481 e. The summed E-state index contributed by atoms with van der Waals surface area (Å²) in [6, 6.07) is -0.898. The molecule has 20 heavy (non-hydrogen) atoms. The van der Waals surface area contributed by atoms with Crippen LogP contribution >= 0.6 is 0 Å². The minimum atomic E-state index is -0.972. The SMILES string of the molecule is Cc1nc(CN(C)C(=O)NC2COCC2C(=O)O)n[nH]1. The van der Waals surface area contributed by atoms with E-state index in [9.17, 15) is 9.59 Å². The number of hydrogen-bond acceptors (Lipinski definition) is 5. The van der Waals surface area contributed by atoms with Gasteiger partial charge in [0.1, 0.15) is 11.7 Å². The summed E-state index contributed by atoms with van der Waals surface area (Å²) in [6.07, 6.45) is 0. The molecule has 1 aliphatic heterocycles. The number of carboxylic acids is 1. The standard InChI is InChI=1S/C11H17N5O4/c1-6-12-9(15-14-6)3-16(2)11(19)13-8-5-20-4-7(8)10(17)18/h7-8H,3-5H2,1-2H3,(H,13,19)(H,17,18)(H,12,14,15). The third kappa shape index (κ3) is 3.23. The number of aromatic amines is 1. The van der Waals surface area contributed by atoms with E-state index < -0.39 is 17.9 Å². The fourth-order valence-electron chi connectivity index (χ4n) is 1.95. The Hall–Kier alpha value is -2.16. The van der Waals surface area contributed by atoms with Gasteiger partial charge in [-0.15, -0.1) is 0 Å². The second-order valence-electron chi connectivity index (χ2n) is 4.73. The van der Waals surface area contributed by atoms with Crippen LogP contribution in [-0.4, -0.2) is 63.5 Å². The summed E-state index contributed by atoms with van der Waals surface area (Å²) in [5, 5.41) is 18.3. The number of carbonyl (C=O) groups excluding carboxylic acids is 1. The van der Waals surface area contributed by atoms with Crippen molar-refractivity contribution in [2.45, 2.75) is 19.5 Å². The number of hydrogen-bond donors (Lipinski definition) is 3. The second-order valence-corrected chi connectivity index (χ2v) is 4.73. The first-order chi connectivity index (χ1) is 9.47. The van der Waals surface area contributed by atoms with Crippen molar-refractivity contribution in [1.82, 2.24) is 25.4 Å².